The Labute approximate surface area is 425 Å². The summed E-state index contributed by atoms with van der Waals surface area (Å²) < 4.78 is 16.8. The molecule has 0 amide bonds. The van der Waals surface area contributed by atoms with Crippen molar-refractivity contribution < 1.29 is 28.6 Å². The first-order valence-corrected chi connectivity index (χ1v) is 28.4. The Morgan fingerprint density at radius 2 is 0.594 bits per heavy atom. The van der Waals surface area contributed by atoms with Gasteiger partial charge in [-0.1, -0.05) is 220 Å². The van der Waals surface area contributed by atoms with Gasteiger partial charge in [-0.3, -0.25) is 14.4 Å². The minimum Gasteiger partial charge on any atom is -0.462 e. The van der Waals surface area contributed by atoms with Crippen LogP contribution >= 0.6 is 0 Å². The minimum absolute atomic E-state index is 0.0957. The standard InChI is InChI=1S/C63H104O6/c1-4-7-10-13-16-19-22-24-26-28-30-31-32-33-34-36-37-39-41-44-47-50-53-56-62(65)68-59-60(58-67-61(64)55-52-49-46-43-21-18-15-12-9-6-3)69-63(66)57-54-51-48-45-42-40-38-35-29-27-25-23-20-17-14-11-8-5-2/h7,10,12,15-16,19-20,23-24,26-27,29-31,33-34,37,39,60H,4-6,8-9,11,13-14,17-18,21-22,25,28,32,35-36,38,40-59H2,1-3H3/b10-7-,15-12-,19-16-,23-20-,26-24-,29-27-,31-30-,34-33-,39-37-. The van der Waals surface area contributed by atoms with E-state index in [0.717, 1.165) is 141 Å². The molecule has 0 radical (unpaired) electrons. The number of hydrogen-bond donors (Lipinski definition) is 0. The number of hydrogen-bond acceptors (Lipinski definition) is 6. The molecule has 0 rings (SSSR count). The normalized spacial score (nSPS) is 12.9. The Morgan fingerprint density at radius 1 is 0.304 bits per heavy atom. The van der Waals surface area contributed by atoms with Crippen LogP contribution in [0.5, 0.6) is 0 Å². The molecule has 1 unspecified atom stereocenters. The summed E-state index contributed by atoms with van der Waals surface area (Å²) in [5.41, 5.74) is 0. The van der Waals surface area contributed by atoms with E-state index >= 15 is 0 Å². The molecule has 6 heteroatoms. The van der Waals surface area contributed by atoms with E-state index < -0.39 is 6.10 Å². The van der Waals surface area contributed by atoms with Crippen LogP contribution in [0.1, 0.15) is 252 Å². The molecule has 1 atom stereocenters. The van der Waals surface area contributed by atoms with Crippen molar-refractivity contribution in [2.45, 2.75) is 258 Å². The molecule has 0 heterocycles. The lowest BCUT2D eigenvalue weighted by Gasteiger charge is -2.18. The first-order chi connectivity index (χ1) is 34.0. The predicted molar refractivity (Wildman–Crippen MR) is 297 cm³/mol. The van der Waals surface area contributed by atoms with Crippen LogP contribution in [-0.2, 0) is 28.6 Å². The quantitative estimate of drug-likeness (QED) is 0.0262. The van der Waals surface area contributed by atoms with Gasteiger partial charge in [0, 0.05) is 19.3 Å². The van der Waals surface area contributed by atoms with Crippen molar-refractivity contribution in [2.24, 2.45) is 0 Å². The van der Waals surface area contributed by atoms with Crippen LogP contribution in [0.3, 0.4) is 0 Å². The van der Waals surface area contributed by atoms with Crippen molar-refractivity contribution in [3.8, 4) is 0 Å². The summed E-state index contributed by atoms with van der Waals surface area (Å²) in [6, 6.07) is 0. The van der Waals surface area contributed by atoms with Crippen LogP contribution in [0, 0.1) is 0 Å². The Hall–Kier alpha value is -3.93. The van der Waals surface area contributed by atoms with Crippen LogP contribution in [0.2, 0.25) is 0 Å². The summed E-state index contributed by atoms with van der Waals surface area (Å²) in [5.74, 6) is -0.941. The van der Waals surface area contributed by atoms with E-state index in [0.29, 0.717) is 19.3 Å². The number of esters is 3. The third-order valence-electron chi connectivity index (χ3n) is 11.7. The van der Waals surface area contributed by atoms with Gasteiger partial charge in [-0.05, 0) is 122 Å². The number of carbonyl (C=O) groups is 3. The summed E-state index contributed by atoms with van der Waals surface area (Å²) in [5, 5.41) is 0. The molecule has 0 saturated heterocycles. The van der Waals surface area contributed by atoms with Crippen molar-refractivity contribution >= 4 is 17.9 Å². The van der Waals surface area contributed by atoms with Gasteiger partial charge < -0.3 is 14.2 Å². The molecule has 0 aliphatic carbocycles. The second-order valence-corrected chi connectivity index (χ2v) is 18.5. The maximum atomic E-state index is 12.8. The molecule has 0 spiro atoms. The molecule has 0 N–H and O–H groups in total. The Balaban J connectivity index is 4.39. The van der Waals surface area contributed by atoms with Crippen LogP contribution in [0.4, 0.5) is 0 Å². The second-order valence-electron chi connectivity index (χ2n) is 18.5. The van der Waals surface area contributed by atoms with Crippen molar-refractivity contribution in [3.63, 3.8) is 0 Å². The third-order valence-corrected chi connectivity index (χ3v) is 11.7. The van der Waals surface area contributed by atoms with Crippen LogP contribution in [0.15, 0.2) is 109 Å². The van der Waals surface area contributed by atoms with Crippen LogP contribution < -0.4 is 0 Å². The number of allylic oxidation sites excluding steroid dienone is 18. The predicted octanol–water partition coefficient (Wildman–Crippen LogP) is 19.1. The van der Waals surface area contributed by atoms with Gasteiger partial charge in [0.05, 0.1) is 0 Å². The lowest BCUT2D eigenvalue weighted by atomic mass is 10.1. The highest BCUT2D eigenvalue weighted by Gasteiger charge is 2.19. The summed E-state index contributed by atoms with van der Waals surface area (Å²) in [6.45, 7) is 6.41. The molecule has 6 nitrogen and oxygen atoms in total. The van der Waals surface area contributed by atoms with E-state index in [1.165, 1.54) is 70.6 Å². The maximum Gasteiger partial charge on any atom is 0.306 e. The summed E-state index contributed by atoms with van der Waals surface area (Å²) >= 11 is 0. The average molecular weight is 958 g/mol. The first kappa shape index (κ1) is 65.1. The van der Waals surface area contributed by atoms with Crippen LogP contribution in [0.25, 0.3) is 0 Å². The SMILES string of the molecule is CC/C=C\C/C=C\C/C=C\C/C=C\C/C=C\C/C=C\CCCCCCC(=O)OCC(COC(=O)CCCCCCC/C=C\CCC)OC(=O)CCCCCCCCC/C=C\C/C=C\CCCCCC. The fourth-order valence-electron chi connectivity index (χ4n) is 7.48. The number of carbonyl (C=O) groups excluding carboxylic acids is 3. The molecular weight excluding hydrogens is 853 g/mol. The molecule has 0 bridgehead atoms. The van der Waals surface area contributed by atoms with Gasteiger partial charge in [-0.15, -0.1) is 0 Å². The minimum atomic E-state index is -0.798. The zero-order valence-corrected chi connectivity index (χ0v) is 44.8. The Kier molecular flexibility index (Phi) is 53.4. The lowest BCUT2D eigenvalue weighted by Crippen LogP contribution is -2.30. The molecule has 0 aromatic heterocycles. The zero-order chi connectivity index (χ0) is 50.0. The van der Waals surface area contributed by atoms with E-state index in [1.807, 2.05) is 0 Å². The van der Waals surface area contributed by atoms with Crippen molar-refractivity contribution in [3.05, 3.63) is 109 Å². The first-order valence-electron chi connectivity index (χ1n) is 28.4. The maximum absolute atomic E-state index is 12.8. The summed E-state index contributed by atoms with van der Waals surface area (Å²) in [6.07, 6.45) is 76.5. The van der Waals surface area contributed by atoms with E-state index in [4.69, 9.17) is 14.2 Å². The average Bonchev–Trinajstić information content (AvgIpc) is 3.35. The van der Waals surface area contributed by atoms with Crippen molar-refractivity contribution in [1.29, 1.82) is 0 Å². The van der Waals surface area contributed by atoms with Gasteiger partial charge >= 0.3 is 17.9 Å². The molecule has 0 fully saturated rings. The largest absolute Gasteiger partial charge is 0.462 e. The number of ether oxygens (including phenoxy) is 3. The molecule has 69 heavy (non-hydrogen) atoms. The number of rotatable bonds is 50. The van der Waals surface area contributed by atoms with E-state index in [1.54, 1.807) is 0 Å². The third kappa shape index (κ3) is 54.9. The number of unbranched alkanes of at least 4 members (excludes halogenated alkanes) is 21. The molecular formula is C63H104O6. The summed E-state index contributed by atoms with van der Waals surface area (Å²) in [4.78, 5) is 38.1. The molecule has 0 saturated carbocycles. The van der Waals surface area contributed by atoms with E-state index in [2.05, 4.69) is 130 Å². The fourth-order valence-corrected chi connectivity index (χ4v) is 7.48. The highest BCUT2D eigenvalue weighted by atomic mass is 16.6. The molecule has 0 aliphatic rings. The zero-order valence-electron chi connectivity index (χ0n) is 44.8. The van der Waals surface area contributed by atoms with Gasteiger partial charge in [0.25, 0.3) is 0 Å². The molecule has 0 aliphatic heterocycles. The second kappa shape index (κ2) is 56.7. The summed E-state index contributed by atoms with van der Waals surface area (Å²) in [7, 11) is 0. The van der Waals surface area contributed by atoms with Crippen molar-refractivity contribution in [2.75, 3.05) is 13.2 Å². The highest BCUT2D eigenvalue weighted by molar-refractivity contribution is 5.71. The fraction of sp³-hybridized carbons (Fsp3) is 0.667. The smallest absolute Gasteiger partial charge is 0.306 e. The molecule has 392 valence electrons. The lowest BCUT2D eigenvalue weighted by molar-refractivity contribution is -0.167. The van der Waals surface area contributed by atoms with Crippen molar-refractivity contribution in [1.82, 2.24) is 0 Å². The monoisotopic (exact) mass is 957 g/mol. The van der Waals surface area contributed by atoms with E-state index in [-0.39, 0.29) is 31.1 Å². The van der Waals surface area contributed by atoms with E-state index in [9.17, 15) is 14.4 Å². The molecule has 0 aromatic rings. The highest BCUT2D eigenvalue weighted by Crippen LogP contribution is 2.14. The van der Waals surface area contributed by atoms with Crippen LogP contribution in [-0.4, -0.2) is 37.2 Å². The van der Waals surface area contributed by atoms with Gasteiger partial charge in [-0.2, -0.15) is 0 Å². The Bertz CT molecular complexity index is 1420. The van der Waals surface area contributed by atoms with Gasteiger partial charge in [0.2, 0.25) is 0 Å². The molecule has 0 aromatic carbocycles. The topological polar surface area (TPSA) is 78.9 Å². The van der Waals surface area contributed by atoms with Gasteiger partial charge in [0.15, 0.2) is 6.10 Å². The van der Waals surface area contributed by atoms with Gasteiger partial charge in [-0.25, -0.2) is 0 Å². The van der Waals surface area contributed by atoms with Gasteiger partial charge in [0.1, 0.15) is 13.2 Å². The Morgan fingerprint density at radius 3 is 0.957 bits per heavy atom.